The average molecular weight is 293 g/mol. The first kappa shape index (κ1) is 16.4. The van der Waals surface area contributed by atoms with Gasteiger partial charge in [0, 0.05) is 0 Å². The molecule has 0 radical (unpaired) electrons. The Hall–Kier alpha value is -1.00. The number of halogens is 1. The number of rotatable bonds is 6. The number of hydrogen-bond acceptors (Lipinski definition) is 3. The van der Waals surface area contributed by atoms with Gasteiger partial charge in [0.25, 0.3) is 0 Å². The van der Waals surface area contributed by atoms with Crippen LogP contribution in [-0.2, 0) is 0 Å². The van der Waals surface area contributed by atoms with Gasteiger partial charge in [-0.1, -0.05) is 13.3 Å². The quantitative estimate of drug-likeness (QED) is 0.871. The Kier molecular flexibility index (Phi) is 6.58. The summed E-state index contributed by atoms with van der Waals surface area (Å²) in [5.41, 5.74) is 0.931. The third-order valence-electron chi connectivity index (χ3n) is 4.71. The molecule has 1 N–H and O–H groups in total. The Morgan fingerprint density at radius 3 is 2.90 bits per heavy atom. The first-order chi connectivity index (χ1) is 10.2. The highest BCUT2D eigenvalue weighted by atomic mass is 19.1. The third kappa shape index (κ3) is 5.04. The molecule has 3 nitrogen and oxygen atoms in total. The molecule has 1 aliphatic heterocycles. The number of nitrogens with one attached hydrogen (secondary N) is 1. The Labute approximate surface area is 127 Å². The minimum Gasteiger partial charge on any atom is -0.312 e. The lowest BCUT2D eigenvalue weighted by molar-refractivity contribution is 0.263. The summed E-state index contributed by atoms with van der Waals surface area (Å²) in [5.74, 6) is 0.639. The Morgan fingerprint density at radius 1 is 1.38 bits per heavy atom. The van der Waals surface area contributed by atoms with Crippen molar-refractivity contribution >= 4 is 0 Å². The van der Waals surface area contributed by atoms with E-state index in [1.807, 2.05) is 7.05 Å². The van der Waals surface area contributed by atoms with Crippen molar-refractivity contribution in [2.24, 2.45) is 5.92 Å². The summed E-state index contributed by atoms with van der Waals surface area (Å²) in [6.45, 7) is 5.81. The van der Waals surface area contributed by atoms with Gasteiger partial charge in [0.15, 0.2) is 0 Å². The van der Waals surface area contributed by atoms with E-state index in [1.165, 1.54) is 51.0 Å². The van der Waals surface area contributed by atoms with Crippen LogP contribution in [0.5, 0.6) is 0 Å². The molecule has 2 rings (SSSR count). The molecule has 0 saturated carbocycles. The fourth-order valence-electron chi connectivity index (χ4n) is 3.20. The minimum atomic E-state index is -0.272. The van der Waals surface area contributed by atoms with Gasteiger partial charge < -0.3 is 10.2 Å². The van der Waals surface area contributed by atoms with Crippen molar-refractivity contribution in [1.29, 1.82) is 0 Å². The molecule has 1 saturated heterocycles. The van der Waals surface area contributed by atoms with Crippen molar-refractivity contribution in [3.63, 3.8) is 0 Å². The molecule has 2 heterocycles. The topological polar surface area (TPSA) is 28.2 Å². The summed E-state index contributed by atoms with van der Waals surface area (Å²) in [4.78, 5) is 6.77. The number of pyridine rings is 1. The molecule has 0 spiro atoms. The van der Waals surface area contributed by atoms with Gasteiger partial charge in [-0.25, -0.2) is 4.39 Å². The van der Waals surface area contributed by atoms with Crippen LogP contribution in [0.1, 0.15) is 50.8 Å². The molecular weight excluding hydrogens is 265 g/mol. The highest BCUT2D eigenvalue weighted by molar-refractivity contribution is 5.09. The predicted molar refractivity (Wildman–Crippen MR) is 84.7 cm³/mol. The van der Waals surface area contributed by atoms with Crippen molar-refractivity contribution in [3.05, 3.63) is 29.8 Å². The highest BCUT2D eigenvalue weighted by Gasteiger charge is 2.17. The zero-order valence-electron chi connectivity index (χ0n) is 13.3. The lowest BCUT2D eigenvalue weighted by Crippen LogP contribution is -2.29. The van der Waals surface area contributed by atoms with Crippen molar-refractivity contribution in [3.8, 4) is 0 Å². The molecule has 1 aromatic rings. The van der Waals surface area contributed by atoms with Crippen LogP contribution in [0.2, 0.25) is 0 Å². The van der Waals surface area contributed by atoms with E-state index in [-0.39, 0.29) is 11.9 Å². The van der Waals surface area contributed by atoms with Crippen LogP contribution < -0.4 is 5.32 Å². The van der Waals surface area contributed by atoms with Crippen molar-refractivity contribution < 1.29 is 4.39 Å². The van der Waals surface area contributed by atoms with E-state index in [9.17, 15) is 4.39 Å². The van der Waals surface area contributed by atoms with Crippen LogP contribution >= 0.6 is 0 Å². The molecule has 1 aliphatic rings. The number of nitrogens with zero attached hydrogens (tertiary/aromatic N) is 2. The summed E-state index contributed by atoms with van der Waals surface area (Å²) in [6.07, 6.45) is 7.66. The minimum absolute atomic E-state index is 0.204. The molecule has 2 atom stereocenters. The molecule has 21 heavy (non-hydrogen) atoms. The van der Waals surface area contributed by atoms with Gasteiger partial charge >= 0.3 is 0 Å². The summed E-state index contributed by atoms with van der Waals surface area (Å²) in [5, 5.41) is 3.30. The molecule has 1 aromatic heterocycles. The maximum atomic E-state index is 13.0. The largest absolute Gasteiger partial charge is 0.312 e. The average Bonchev–Trinajstić information content (AvgIpc) is 2.74. The number of hydrogen-bond donors (Lipinski definition) is 1. The van der Waals surface area contributed by atoms with Gasteiger partial charge in [-0.3, -0.25) is 4.98 Å². The summed E-state index contributed by atoms with van der Waals surface area (Å²) in [6, 6.07) is 3.48. The van der Waals surface area contributed by atoms with Crippen molar-refractivity contribution in [2.75, 3.05) is 26.7 Å². The van der Waals surface area contributed by atoms with Crippen LogP contribution in [0.25, 0.3) is 0 Å². The summed E-state index contributed by atoms with van der Waals surface area (Å²) < 4.78 is 13.0. The maximum absolute atomic E-state index is 13.0. The zero-order valence-corrected chi connectivity index (χ0v) is 13.3. The third-order valence-corrected chi connectivity index (χ3v) is 4.71. The monoisotopic (exact) mass is 293 g/mol. The van der Waals surface area contributed by atoms with Gasteiger partial charge in [-0.2, -0.15) is 0 Å². The molecule has 0 bridgehead atoms. The van der Waals surface area contributed by atoms with E-state index in [0.717, 1.165) is 24.6 Å². The molecule has 0 amide bonds. The molecule has 0 aliphatic carbocycles. The molecule has 118 valence electrons. The number of aromatic nitrogens is 1. The predicted octanol–water partition coefficient (Wildman–Crippen LogP) is 3.38. The fraction of sp³-hybridized carbons (Fsp3) is 0.706. The first-order valence-corrected chi connectivity index (χ1v) is 8.24. The second kappa shape index (κ2) is 8.44. The van der Waals surface area contributed by atoms with Gasteiger partial charge in [0.05, 0.1) is 17.9 Å². The van der Waals surface area contributed by atoms with E-state index in [2.05, 4.69) is 22.1 Å². The SMILES string of the molecule is CCC1CCCN(CCC(NC)c2ccc(F)cn2)CC1. The van der Waals surface area contributed by atoms with Crippen LogP contribution in [0.15, 0.2) is 18.3 Å². The fourth-order valence-corrected chi connectivity index (χ4v) is 3.20. The second-order valence-corrected chi connectivity index (χ2v) is 6.08. The molecule has 2 unspecified atom stereocenters. The van der Waals surface area contributed by atoms with Gasteiger partial charge in [0.1, 0.15) is 5.82 Å². The lowest BCUT2D eigenvalue weighted by Gasteiger charge is -2.23. The van der Waals surface area contributed by atoms with Gasteiger partial charge in [0.2, 0.25) is 0 Å². The maximum Gasteiger partial charge on any atom is 0.141 e. The summed E-state index contributed by atoms with van der Waals surface area (Å²) >= 11 is 0. The molecular formula is C17H28FN3. The number of likely N-dealkylation sites (tertiary alicyclic amines) is 1. The Bertz CT molecular complexity index is 407. The van der Waals surface area contributed by atoms with E-state index in [4.69, 9.17) is 0 Å². The van der Waals surface area contributed by atoms with Crippen molar-refractivity contribution in [2.45, 2.75) is 45.1 Å². The molecule has 0 aromatic carbocycles. The Morgan fingerprint density at radius 2 is 2.24 bits per heavy atom. The van der Waals surface area contributed by atoms with Crippen molar-refractivity contribution in [1.82, 2.24) is 15.2 Å². The van der Waals surface area contributed by atoms with Crippen LogP contribution in [-0.4, -0.2) is 36.6 Å². The molecule has 1 fully saturated rings. The normalized spacial score (nSPS) is 22.0. The van der Waals surface area contributed by atoms with E-state index in [1.54, 1.807) is 6.07 Å². The van der Waals surface area contributed by atoms with E-state index in [0.29, 0.717) is 0 Å². The van der Waals surface area contributed by atoms with Crippen LogP contribution in [0, 0.1) is 11.7 Å². The van der Waals surface area contributed by atoms with E-state index < -0.39 is 0 Å². The first-order valence-electron chi connectivity index (χ1n) is 8.24. The second-order valence-electron chi connectivity index (χ2n) is 6.08. The smallest absolute Gasteiger partial charge is 0.141 e. The van der Waals surface area contributed by atoms with Crippen LogP contribution in [0.3, 0.4) is 0 Å². The van der Waals surface area contributed by atoms with E-state index >= 15 is 0 Å². The van der Waals surface area contributed by atoms with Gasteiger partial charge in [-0.15, -0.1) is 0 Å². The molecule has 4 heteroatoms. The van der Waals surface area contributed by atoms with Gasteiger partial charge in [-0.05, 0) is 70.4 Å². The highest BCUT2D eigenvalue weighted by Crippen LogP contribution is 2.21. The van der Waals surface area contributed by atoms with Crippen LogP contribution in [0.4, 0.5) is 4.39 Å². The lowest BCUT2D eigenvalue weighted by atomic mass is 9.98. The Balaban J connectivity index is 1.84. The standard InChI is InChI=1S/C17H28FN3/c1-3-14-5-4-10-21(11-8-14)12-9-16(19-2)17-7-6-15(18)13-20-17/h6-7,13-14,16,19H,3-5,8-12H2,1-2H3. The summed E-state index contributed by atoms with van der Waals surface area (Å²) in [7, 11) is 1.95. The zero-order chi connectivity index (χ0) is 15.1.